The molecule has 0 aromatic heterocycles. The summed E-state index contributed by atoms with van der Waals surface area (Å²) in [5, 5.41) is 2.57. The van der Waals surface area contributed by atoms with E-state index in [1.807, 2.05) is 13.0 Å². The summed E-state index contributed by atoms with van der Waals surface area (Å²) < 4.78 is 24.6. The number of ether oxygens (including phenoxy) is 2. The normalized spacial score (nSPS) is 16.3. The monoisotopic (exact) mass is 625 g/mol. The fraction of sp³-hybridized carbons (Fsp3) is 0.677. The van der Waals surface area contributed by atoms with Gasteiger partial charge in [0, 0.05) is 0 Å². The molecule has 0 aliphatic heterocycles. The van der Waals surface area contributed by atoms with E-state index in [0.29, 0.717) is 6.42 Å². The summed E-state index contributed by atoms with van der Waals surface area (Å²) in [5.74, 6) is -4.95. The molecule has 0 spiro atoms. The summed E-state index contributed by atoms with van der Waals surface area (Å²) in [4.78, 5) is 66.0. The topological polar surface area (TPSA) is 165 Å². The Morgan fingerprint density at radius 2 is 1.56 bits per heavy atom. The molecule has 43 heavy (non-hydrogen) atoms. The molecule has 4 N–H and O–H groups in total. The first-order chi connectivity index (χ1) is 19.6. The lowest BCUT2D eigenvalue weighted by atomic mass is 9.85. The molecule has 0 saturated carbocycles. The van der Waals surface area contributed by atoms with Crippen molar-refractivity contribution < 1.29 is 38.1 Å². The van der Waals surface area contributed by atoms with E-state index in [0.717, 1.165) is 10.5 Å². The molecule has 0 bridgehead atoms. The van der Waals surface area contributed by atoms with Crippen LogP contribution in [0, 0.1) is 17.3 Å². The molecule has 244 valence electrons. The van der Waals surface area contributed by atoms with Crippen LogP contribution in [0.5, 0.6) is 0 Å². The SMILES string of the molecule is CC[C@H](C)[C@H](N)C(=O)N(C(=O)[C@@H](NC(=O)OCc1ccccc1)C(C)(C)C)C(CC(C)C)P(=O)(O)CC(=O)OC(C)(C)C. The molecule has 1 aromatic carbocycles. The van der Waals surface area contributed by atoms with Crippen LogP contribution < -0.4 is 11.1 Å². The number of imide groups is 1. The highest BCUT2D eigenvalue weighted by Crippen LogP contribution is 2.51. The van der Waals surface area contributed by atoms with Gasteiger partial charge in [0.15, 0.2) is 0 Å². The largest absolute Gasteiger partial charge is 0.460 e. The second-order valence-electron chi connectivity index (χ2n) is 13.6. The maximum atomic E-state index is 14.4. The van der Waals surface area contributed by atoms with Gasteiger partial charge in [0.2, 0.25) is 13.3 Å². The van der Waals surface area contributed by atoms with Crippen LogP contribution in [0.25, 0.3) is 0 Å². The summed E-state index contributed by atoms with van der Waals surface area (Å²) in [5.41, 5.74) is 5.16. The van der Waals surface area contributed by atoms with Gasteiger partial charge in [0.1, 0.15) is 30.2 Å². The molecule has 12 heteroatoms. The molecule has 11 nitrogen and oxygen atoms in total. The van der Waals surface area contributed by atoms with Crippen molar-refractivity contribution in [3.05, 3.63) is 35.9 Å². The van der Waals surface area contributed by atoms with Gasteiger partial charge in [-0.3, -0.25) is 23.8 Å². The highest BCUT2D eigenvalue weighted by atomic mass is 31.2. The number of carbonyl (C=O) groups is 4. The van der Waals surface area contributed by atoms with Crippen LogP contribution in [0.3, 0.4) is 0 Å². The maximum absolute atomic E-state index is 14.4. The second-order valence-corrected chi connectivity index (χ2v) is 16.0. The number of nitrogens with one attached hydrogen (secondary N) is 1. The minimum Gasteiger partial charge on any atom is -0.460 e. The number of alkyl carbamates (subject to hydrolysis) is 1. The molecule has 0 aliphatic rings. The van der Waals surface area contributed by atoms with E-state index in [1.165, 1.54) is 0 Å². The lowest BCUT2D eigenvalue weighted by molar-refractivity contribution is -0.153. The van der Waals surface area contributed by atoms with E-state index in [1.54, 1.807) is 86.6 Å². The zero-order chi connectivity index (χ0) is 33.3. The van der Waals surface area contributed by atoms with Gasteiger partial charge in [-0.25, -0.2) is 4.79 Å². The number of hydrogen-bond acceptors (Lipinski definition) is 8. The molecule has 5 atom stereocenters. The number of nitrogens with two attached hydrogens (primary N) is 1. The first kappa shape index (κ1) is 38.3. The van der Waals surface area contributed by atoms with Gasteiger partial charge >= 0.3 is 12.1 Å². The zero-order valence-electron chi connectivity index (χ0n) is 27.4. The highest BCUT2D eigenvalue weighted by Gasteiger charge is 2.49. The first-order valence-corrected chi connectivity index (χ1v) is 16.6. The first-order valence-electron chi connectivity index (χ1n) is 14.7. The smallest absolute Gasteiger partial charge is 0.408 e. The van der Waals surface area contributed by atoms with Crippen molar-refractivity contribution in [3.63, 3.8) is 0 Å². The number of benzene rings is 1. The van der Waals surface area contributed by atoms with Gasteiger partial charge in [-0.1, -0.05) is 85.2 Å². The van der Waals surface area contributed by atoms with Crippen molar-refractivity contribution >= 4 is 31.2 Å². The maximum Gasteiger partial charge on any atom is 0.408 e. The lowest BCUT2D eigenvalue weighted by Crippen LogP contribution is -2.61. The lowest BCUT2D eigenvalue weighted by Gasteiger charge is -2.40. The molecule has 0 fully saturated rings. The molecule has 0 heterocycles. The third kappa shape index (κ3) is 12.4. The van der Waals surface area contributed by atoms with Crippen LogP contribution >= 0.6 is 7.37 Å². The van der Waals surface area contributed by atoms with E-state index in [-0.39, 0.29) is 24.9 Å². The molecule has 1 aromatic rings. The molecule has 0 radical (unpaired) electrons. The van der Waals surface area contributed by atoms with Gasteiger partial charge in [0.05, 0.1) is 6.04 Å². The summed E-state index contributed by atoms with van der Waals surface area (Å²) in [6.07, 6.45) is -1.40. The van der Waals surface area contributed by atoms with Gasteiger partial charge in [-0.15, -0.1) is 0 Å². The number of nitrogens with zero attached hydrogens (tertiary/aromatic N) is 1. The number of carbonyl (C=O) groups excluding carboxylic acids is 4. The molecular formula is C31H52N3O8P. The van der Waals surface area contributed by atoms with Gasteiger partial charge in [0.25, 0.3) is 5.91 Å². The third-order valence-electron chi connectivity index (χ3n) is 6.83. The van der Waals surface area contributed by atoms with Crippen molar-refractivity contribution in [2.24, 2.45) is 23.0 Å². The fourth-order valence-electron chi connectivity index (χ4n) is 4.27. The molecule has 3 amide bonds. The van der Waals surface area contributed by atoms with Crippen LogP contribution in [0.15, 0.2) is 30.3 Å². The number of hydrogen-bond donors (Lipinski definition) is 3. The highest BCUT2D eigenvalue weighted by molar-refractivity contribution is 7.59. The van der Waals surface area contributed by atoms with E-state index < -0.39 is 66.3 Å². The average molecular weight is 626 g/mol. The summed E-state index contributed by atoms with van der Waals surface area (Å²) in [6, 6.07) is 6.43. The Kier molecular flexibility index (Phi) is 14.1. The molecule has 0 saturated heterocycles. The standard InChI is InChI=1S/C31H52N3O8P/c1-11-21(4)25(32)27(36)34(23(17-20(2)3)43(39,40)19-24(35)42-31(8,9)10)28(37)26(30(5,6)7)33-29(38)41-18-22-15-13-12-14-16-22/h12-16,20-21,23,25-26H,11,17-19,32H2,1-10H3,(H,33,38)(H,39,40)/t21-,23?,25-,26+/m0/s1. The zero-order valence-corrected chi connectivity index (χ0v) is 28.3. The number of esters is 1. The van der Waals surface area contributed by atoms with Crippen LogP contribution in [0.2, 0.25) is 0 Å². The van der Waals surface area contributed by atoms with Crippen molar-refractivity contribution in [1.29, 1.82) is 0 Å². The van der Waals surface area contributed by atoms with E-state index in [2.05, 4.69) is 5.32 Å². The van der Waals surface area contributed by atoms with Crippen molar-refractivity contribution in [3.8, 4) is 0 Å². The van der Waals surface area contributed by atoms with Gasteiger partial charge in [-0.2, -0.15) is 0 Å². The quantitative estimate of drug-likeness (QED) is 0.201. The number of amides is 3. The van der Waals surface area contributed by atoms with E-state index in [4.69, 9.17) is 15.2 Å². The number of rotatable bonds is 13. The minimum atomic E-state index is -4.61. The Hall–Kier alpha value is -2.75. The Balaban J connectivity index is 3.61. The molecule has 2 unspecified atom stereocenters. The Morgan fingerprint density at radius 3 is 2.02 bits per heavy atom. The van der Waals surface area contributed by atoms with Crippen molar-refractivity contribution in [2.75, 3.05) is 6.16 Å². The Morgan fingerprint density at radius 1 is 1.00 bits per heavy atom. The van der Waals surface area contributed by atoms with Crippen molar-refractivity contribution in [2.45, 2.75) is 112 Å². The van der Waals surface area contributed by atoms with E-state index >= 15 is 0 Å². The molecular weight excluding hydrogens is 573 g/mol. The van der Waals surface area contributed by atoms with Crippen molar-refractivity contribution in [1.82, 2.24) is 10.2 Å². The Labute approximate surface area is 256 Å². The van der Waals surface area contributed by atoms with Crippen LogP contribution in [-0.2, 0) is 35.0 Å². The minimum absolute atomic E-state index is 0.0586. The Bertz CT molecular complexity index is 1140. The van der Waals surface area contributed by atoms with Gasteiger partial charge in [-0.05, 0) is 50.0 Å². The van der Waals surface area contributed by atoms with Crippen LogP contribution in [0.1, 0.15) is 87.6 Å². The predicted octanol–water partition coefficient (Wildman–Crippen LogP) is 5.04. The molecule has 1 rings (SSSR count). The fourth-order valence-corrected chi connectivity index (χ4v) is 6.25. The summed E-state index contributed by atoms with van der Waals surface area (Å²) >= 11 is 0. The predicted molar refractivity (Wildman–Crippen MR) is 166 cm³/mol. The second kappa shape index (κ2) is 15.8. The van der Waals surface area contributed by atoms with E-state index in [9.17, 15) is 28.6 Å². The summed E-state index contributed by atoms with van der Waals surface area (Å²) in [6.45, 7) is 17.0. The van der Waals surface area contributed by atoms with Crippen LogP contribution in [0.4, 0.5) is 4.79 Å². The van der Waals surface area contributed by atoms with Gasteiger partial charge < -0.3 is 25.4 Å². The third-order valence-corrected chi connectivity index (χ3v) is 8.91. The molecule has 0 aliphatic carbocycles. The average Bonchev–Trinajstić information content (AvgIpc) is 2.87. The van der Waals surface area contributed by atoms with Crippen LogP contribution in [-0.4, -0.2) is 63.3 Å². The summed E-state index contributed by atoms with van der Waals surface area (Å²) in [7, 11) is -4.61.